The third kappa shape index (κ3) is 4.39. The lowest BCUT2D eigenvalue weighted by Gasteiger charge is -2.33. The molecular formula is C20H22F2N4O2S. The Morgan fingerprint density at radius 3 is 2.41 bits per heavy atom. The first-order valence-corrected chi connectivity index (χ1v) is 10.6. The van der Waals surface area contributed by atoms with Crippen LogP contribution in [0.4, 0.5) is 18.7 Å². The zero-order valence-corrected chi connectivity index (χ0v) is 16.7. The number of nitrogens with one attached hydrogen (secondary N) is 1. The molecule has 0 radical (unpaired) electrons. The van der Waals surface area contributed by atoms with Gasteiger partial charge in [-0.15, -0.1) is 11.3 Å². The third-order valence-corrected chi connectivity index (χ3v) is 6.22. The Morgan fingerprint density at radius 1 is 1.03 bits per heavy atom. The normalized spacial score (nSPS) is 17.6. The van der Waals surface area contributed by atoms with Crippen LogP contribution < -0.4 is 5.32 Å². The molecule has 4 rings (SSSR count). The zero-order chi connectivity index (χ0) is 20.4. The van der Waals surface area contributed by atoms with Gasteiger partial charge in [-0.05, 0) is 43.9 Å². The van der Waals surface area contributed by atoms with Crippen LogP contribution in [-0.4, -0.2) is 52.9 Å². The van der Waals surface area contributed by atoms with Gasteiger partial charge in [-0.25, -0.2) is 18.6 Å². The molecule has 3 heterocycles. The molecule has 2 aromatic rings. The summed E-state index contributed by atoms with van der Waals surface area (Å²) in [6.07, 6.45) is 3.36. The van der Waals surface area contributed by atoms with Crippen molar-refractivity contribution in [2.45, 2.75) is 25.7 Å². The number of amides is 3. The number of carbonyl (C=O) groups excluding carboxylic acids is 2. The molecule has 0 saturated carbocycles. The minimum absolute atomic E-state index is 0.0810. The van der Waals surface area contributed by atoms with Gasteiger partial charge in [0.2, 0.25) is 5.91 Å². The van der Waals surface area contributed by atoms with E-state index in [9.17, 15) is 18.4 Å². The van der Waals surface area contributed by atoms with E-state index in [4.69, 9.17) is 0 Å². The molecule has 9 heteroatoms. The number of likely N-dealkylation sites (tertiary alicyclic amines) is 2. The van der Waals surface area contributed by atoms with Gasteiger partial charge in [0.1, 0.15) is 0 Å². The lowest BCUT2D eigenvalue weighted by molar-refractivity contribution is -0.121. The van der Waals surface area contributed by atoms with Crippen LogP contribution in [0.15, 0.2) is 23.6 Å². The lowest BCUT2D eigenvalue weighted by atomic mass is 9.96. The lowest BCUT2D eigenvalue weighted by Crippen LogP contribution is -2.47. The molecule has 1 aromatic heterocycles. The highest BCUT2D eigenvalue weighted by Crippen LogP contribution is 2.27. The summed E-state index contributed by atoms with van der Waals surface area (Å²) >= 11 is 1.24. The molecule has 2 aliphatic rings. The van der Waals surface area contributed by atoms with Crippen molar-refractivity contribution in [3.8, 4) is 11.3 Å². The zero-order valence-electron chi connectivity index (χ0n) is 15.9. The molecule has 2 saturated heterocycles. The number of anilines is 1. The number of urea groups is 1. The van der Waals surface area contributed by atoms with Crippen LogP contribution in [0, 0.1) is 17.6 Å². The molecule has 3 amide bonds. The Labute approximate surface area is 171 Å². The summed E-state index contributed by atoms with van der Waals surface area (Å²) in [6, 6.07) is 3.67. The van der Waals surface area contributed by atoms with Gasteiger partial charge in [-0.2, -0.15) is 0 Å². The van der Waals surface area contributed by atoms with Crippen molar-refractivity contribution in [3.63, 3.8) is 0 Å². The number of nitrogens with zero attached hydrogens (tertiary/aromatic N) is 3. The van der Waals surface area contributed by atoms with Gasteiger partial charge in [-0.1, -0.05) is 0 Å². The van der Waals surface area contributed by atoms with E-state index >= 15 is 0 Å². The third-order valence-electron chi connectivity index (χ3n) is 5.46. The van der Waals surface area contributed by atoms with Crippen LogP contribution >= 0.6 is 11.3 Å². The van der Waals surface area contributed by atoms with Crippen molar-refractivity contribution < 1.29 is 18.4 Å². The first kappa shape index (κ1) is 19.8. The standard InChI is InChI=1S/C20H22F2N4O2S/c21-15-4-3-14(11-16(15)22)17-12-29-19(23-17)24-18(27)13-5-9-26(10-6-13)20(28)25-7-1-2-8-25/h3-4,11-13H,1-2,5-10H2,(H,23,24,27). The highest BCUT2D eigenvalue weighted by Gasteiger charge is 2.30. The highest BCUT2D eigenvalue weighted by molar-refractivity contribution is 7.14. The number of carbonyl (C=O) groups is 2. The fourth-order valence-electron chi connectivity index (χ4n) is 3.77. The van der Waals surface area contributed by atoms with E-state index in [-0.39, 0.29) is 17.9 Å². The molecule has 1 aromatic carbocycles. The van der Waals surface area contributed by atoms with Gasteiger partial charge in [0.05, 0.1) is 5.69 Å². The smallest absolute Gasteiger partial charge is 0.319 e. The fraction of sp³-hybridized carbons (Fsp3) is 0.450. The quantitative estimate of drug-likeness (QED) is 0.818. The molecule has 6 nitrogen and oxygen atoms in total. The van der Waals surface area contributed by atoms with Gasteiger partial charge in [-0.3, -0.25) is 4.79 Å². The van der Waals surface area contributed by atoms with Crippen molar-refractivity contribution in [3.05, 3.63) is 35.2 Å². The second-order valence-electron chi connectivity index (χ2n) is 7.39. The SMILES string of the molecule is O=C(Nc1nc(-c2ccc(F)c(F)c2)cs1)C1CCN(C(=O)N2CCCC2)CC1. The van der Waals surface area contributed by atoms with E-state index in [1.807, 2.05) is 9.80 Å². The Bertz CT molecular complexity index is 906. The van der Waals surface area contributed by atoms with E-state index < -0.39 is 11.6 Å². The van der Waals surface area contributed by atoms with Gasteiger partial charge >= 0.3 is 6.03 Å². The van der Waals surface area contributed by atoms with Crippen LogP contribution in [0.1, 0.15) is 25.7 Å². The number of piperidine rings is 1. The Balaban J connectivity index is 1.31. The number of aromatic nitrogens is 1. The first-order chi connectivity index (χ1) is 14.0. The average molecular weight is 420 g/mol. The molecule has 0 unspecified atom stereocenters. The second kappa shape index (κ2) is 8.44. The summed E-state index contributed by atoms with van der Waals surface area (Å²) in [5, 5.41) is 4.93. The highest BCUT2D eigenvalue weighted by atomic mass is 32.1. The van der Waals surface area contributed by atoms with Crippen molar-refractivity contribution in [1.29, 1.82) is 0 Å². The van der Waals surface area contributed by atoms with Crippen LogP contribution in [0.25, 0.3) is 11.3 Å². The van der Waals surface area contributed by atoms with Crippen molar-refractivity contribution in [2.24, 2.45) is 5.92 Å². The molecule has 0 bridgehead atoms. The Hall–Kier alpha value is -2.55. The van der Waals surface area contributed by atoms with Crippen LogP contribution in [0.3, 0.4) is 0 Å². The van der Waals surface area contributed by atoms with E-state index in [1.54, 1.807) is 5.38 Å². The topological polar surface area (TPSA) is 65.5 Å². The number of rotatable bonds is 3. The van der Waals surface area contributed by atoms with Crippen molar-refractivity contribution >= 4 is 28.4 Å². The van der Waals surface area contributed by atoms with Crippen molar-refractivity contribution in [2.75, 3.05) is 31.5 Å². The summed E-state index contributed by atoms with van der Waals surface area (Å²) < 4.78 is 26.5. The number of benzene rings is 1. The summed E-state index contributed by atoms with van der Waals surface area (Å²) in [5.41, 5.74) is 0.935. The molecule has 1 N–H and O–H groups in total. The predicted octanol–water partition coefficient (Wildman–Crippen LogP) is 3.95. The maximum Gasteiger partial charge on any atom is 0.319 e. The maximum absolute atomic E-state index is 13.4. The largest absolute Gasteiger partial charge is 0.325 e. The number of halogens is 2. The Kier molecular flexibility index (Phi) is 5.75. The molecular weight excluding hydrogens is 398 g/mol. The number of hydrogen-bond donors (Lipinski definition) is 1. The minimum Gasteiger partial charge on any atom is -0.325 e. The first-order valence-electron chi connectivity index (χ1n) is 9.77. The molecule has 154 valence electrons. The fourth-order valence-corrected chi connectivity index (χ4v) is 4.49. The Morgan fingerprint density at radius 2 is 1.72 bits per heavy atom. The molecule has 0 spiro atoms. The molecule has 0 aliphatic carbocycles. The second-order valence-corrected chi connectivity index (χ2v) is 8.25. The van der Waals surface area contributed by atoms with Gasteiger partial charge < -0.3 is 15.1 Å². The van der Waals surface area contributed by atoms with Crippen LogP contribution in [0.2, 0.25) is 0 Å². The van der Waals surface area contributed by atoms with E-state index in [2.05, 4.69) is 10.3 Å². The summed E-state index contributed by atoms with van der Waals surface area (Å²) in [6.45, 7) is 2.80. The minimum atomic E-state index is -0.934. The average Bonchev–Trinajstić information content (AvgIpc) is 3.42. The molecule has 2 aliphatic heterocycles. The van der Waals surface area contributed by atoms with Crippen molar-refractivity contribution in [1.82, 2.24) is 14.8 Å². The summed E-state index contributed by atoms with van der Waals surface area (Å²) in [7, 11) is 0. The van der Waals surface area contributed by atoms with Gasteiger partial charge in [0.25, 0.3) is 0 Å². The van der Waals surface area contributed by atoms with Gasteiger partial charge in [0, 0.05) is 43.0 Å². The van der Waals surface area contributed by atoms with E-state index in [1.165, 1.54) is 17.4 Å². The van der Waals surface area contributed by atoms with Crippen LogP contribution in [-0.2, 0) is 4.79 Å². The molecule has 29 heavy (non-hydrogen) atoms. The monoisotopic (exact) mass is 420 g/mol. The van der Waals surface area contributed by atoms with E-state index in [0.29, 0.717) is 42.3 Å². The summed E-state index contributed by atoms with van der Waals surface area (Å²) in [5.74, 6) is -2.14. The molecule has 0 atom stereocenters. The summed E-state index contributed by atoms with van der Waals surface area (Å²) in [4.78, 5) is 33.0. The number of hydrogen-bond acceptors (Lipinski definition) is 4. The predicted molar refractivity (Wildman–Crippen MR) is 107 cm³/mol. The number of thiazole rings is 1. The maximum atomic E-state index is 13.4. The van der Waals surface area contributed by atoms with Gasteiger partial charge in [0.15, 0.2) is 16.8 Å². The van der Waals surface area contributed by atoms with E-state index in [0.717, 1.165) is 38.1 Å². The molecule has 2 fully saturated rings. The van der Waals surface area contributed by atoms with Crippen LogP contribution in [0.5, 0.6) is 0 Å².